The number of carbonyl (C=O) groups is 1. The first kappa shape index (κ1) is 11.6. The van der Waals surface area contributed by atoms with Gasteiger partial charge in [0.1, 0.15) is 17.5 Å². The fraction of sp³-hybridized carbons (Fsp3) is 0.250. The van der Waals surface area contributed by atoms with Gasteiger partial charge in [-0.2, -0.15) is 9.83 Å². The molecule has 86 valence electrons. The molecule has 0 spiro atoms. The van der Waals surface area contributed by atoms with Gasteiger partial charge in [-0.25, -0.2) is 0 Å². The third-order valence-corrected chi connectivity index (χ3v) is 3.63. The maximum Gasteiger partial charge on any atom is 0.309 e. The number of nitrogens with zero attached hydrogens (tertiary/aromatic N) is 2. The molecule has 1 N–H and O–H groups in total. The van der Waals surface area contributed by atoms with Crippen LogP contribution in [0, 0.1) is 11.3 Å². The number of thiazole rings is 1. The standard InChI is InChI=1S/C12H10N2O2S/c13-7-5-11-14(8-6-12(15)16)9-3-1-2-4-10(9)17-11/h1-4H,5-6,8H2/p+1. The van der Waals surface area contributed by atoms with Crippen LogP contribution in [0.25, 0.3) is 10.2 Å². The molecule has 1 aromatic heterocycles. The van der Waals surface area contributed by atoms with Crippen LogP contribution in [0.5, 0.6) is 0 Å². The molecule has 0 saturated carbocycles. The SMILES string of the molecule is N#CCc1sc2ccccc2[n+]1CCC(=O)O. The van der Waals surface area contributed by atoms with Crippen LogP contribution in [0.4, 0.5) is 0 Å². The van der Waals surface area contributed by atoms with E-state index in [2.05, 4.69) is 6.07 Å². The van der Waals surface area contributed by atoms with E-state index in [0.29, 0.717) is 13.0 Å². The smallest absolute Gasteiger partial charge is 0.309 e. The predicted octanol–water partition coefficient (Wildman–Crippen LogP) is 1.73. The highest BCUT2D eigenvalue weighted by molar-refractivity contribution is 7.18. The van der Waals surface area contributed by atoms with Crippen molar-refractivity contribution in [1.82, 2.24) is 0 Å². The van der Waals surface area contributed by atoms with E-state index in [9.17, 15) is 4.79 Å². The van der Waals surface area contributed by atoms with Gasteiger partial charge in [0.25, 0.3) is 5.01 Å². The third-order valence-electron chi connectivity index (χ3n) is 2.46. The number of nitriles is 1. The van der Waals surface area contributed by atoms with Gasteiger partial charge in [0, 0.05) is 6.07 Å². The van der Waals surface area contributed by atoms with Crippen molar-refractivity contribution in [3.8, 4) is 6.07 Å². The molecule has 0 aliphatic carbocycles. The number of rotatable bonds is 4. The maximum atomic E-state index is 10.6. The minimum Gasteiger partial charge on any atom is -0.481 e. The molecule has 0 amide bonds. The predicted molar refractivity (Wildman–Crippen MR) is 63.6 cm³/mol. The van der Waals surface area contributed by atoms with E-state index in [0.717, 1.165) is 15.2 Å². The molecule has 4 nitrogen and oxygen atoms in total. The van der Waals surface area contributed by atoms with Crippen LogP contribution in [0.2, 0.25) is 0 Å². The Morgan fingerprint density at radius 1 is 1.47 bits per heavy atom. The lowest BCUT2D eigenvalue weighted by Crippen LogP contribution is -2.37. The Bertz CT molecular complexity index is 598. The van der Waals surface area contributed by atoms with Crippen LogP contribution < -0.4 is 4.57 Å². The van der Waals surface area contributed by atoms with Crippen molar-refractivity contribution in [3.63, 3.8) is 0 Å². The number of carboxylic acid groups (broad SMARTS) is 1. The number of hydrogen-bond acceptors (Lipinski definition) is 3. The molecule has 5 heteroatoms. The van der Waals surface area contributed by atoms with E-state index in [1.165, 1.54) is 0 Å². The molecule has 0 atom stereocenters. The molecule has 0 aliphatic rings. The number of aliphatic carboxylic acids is 1. The van der Waals surface area contributed by atoms with Crippen molar-refractivity contribution < 1.29 is 14.5 Å². The quantitative estimate of drug-likeness (QED) is 0.837. The minimum absolute atomic E-state index is 0.0732. The number of aromatic nitrogens is 1. The summed E-state index contributed by atoms with van der Waals surface area (Å²) in [5.41, 5.74) is 1.00. The summed E-state index contributed by atoms with van der Waals surface area (Å²) >= 11 is 1.55. The summed E-state index contributed by atoms with van der Waals surface area (Å²) in [4.78, 5) is 10.6. The molecule has 0 bridgehead atoms. The fourth-order valence-electron chi connectivity index (χ4n) is 1.73. The summed E-state index contributed by atoms with van der Waals surface area (Å²) in [5, 5.41) is 18.4. The van der Waals surface area contributed by atoms with Gasteiger partial charge in [0.2, 0.25) is 5.52 Å². The van der Waals surface area contributed by atoms with Gasteiger partial charge in [-0.15, -0.1) is 0 Å². The number of hydrogen-bond donors (Lipinski definition) is 1. The largest absolute Gasteiger partial charge is 0.481 e. The van der Waals surface area contributed by atoms with Gasteiger partial charge in [0.15, 0.2) is 6.54 Å². The van der Waals surface area contributed by atoms with Crippen LogP contribution in [0.1, 0.15) is 11.4 Å². The second kappa shape index (κ2) is 4.93. The lowest BCUT2D eigenvalue weighted by atomic mass is 10.3. The lowest BCUT2D eigenvalue weighted by Gasteiger charge is -1.94. The van der Waals surface area contributed by atoms with Gasteiger partial charge in [-0.1, -0.05) is 23.5 Å². The molecule has 0 fully saturated rings. The number of aryl methyl sites for hydroxylation is 1. The zero-order chi connectivity index (χ0) is 12.3. The van der Waals surface area contributed by atoms with E-state index in [1.807, 2.05) is 28.8 Å². The van der Waals surface area contributed by atoms with Crippen molar-refractivity contribution >= 4 is 27.5 Å². The van der Waals surface area contributed by atoms with Crippen LogP contribution in [-0.2, 0) is 17.8 Å². The Balaban J connectivity index is 2.44. The highest BCUT2D eigenvalue weighted by Crippen LogP contribution is 2.20. The maximum absolute atomic E-state index is 10.6. The molecule has 2 rings (SSSR count). The van der Waals surface area contributed by atoms with E-state index in [-0.39, 0.29) is 6.42 Å². The average molecular weight is 247 g/mol. The van der Waals surface area contributed by atoms with Crippen molar-refractivity contribution in [2.45, 2.75) is 19.4 Å². The number of fused-ring (bicyclic) bond motifs is 1. The van der Waals surface area contributed by atoms with Crippen molar-refractivity contribution in [2.24, 2.45) is 0 Å². The van der Waals surface area contributed by atoms with E-state index in [1.54, 1.807) is 11.3 Å². The molecule has 1 aromatic carbocycles. The number of carboxylic acids is 1. The number of benzene rings is 1. The van der Waals surface area contributed by atoms with Crippen LogP contribution in [-0.4, -0.2) is 11.1 Å². The molecular formula is C12H11N2O2S+. The molecule has 0 unspecified atom stereocenters. The van der Waals surface area contributed by atoms with Gasteiger partial charge < -0.3 is 5.11 Å². The molecule has 1 heterocycles. The Hall–Kier alpha value is -1.93. The van der Waals surface area contributed by atoms with Crippen LogP contribution in [0.3, 0.4) is 0 Å². The average Bonchev–Trinajstić information content (AvgIpc) is 2.64. The zero-order valence-electron chi connectivity index (χ0n) is 9.09. The van der Waals surface area contributed by atoms with Crippen LogP contribution >= 0.6 is 11.3 Å². The summed E-state index contributed by atoms with van der Waals surface area (Å²) in [6.07, 6.45) is 0.392. The fourth-order valence-corrected chi connectivity index (χ4v) is 2.85. The summed E-state index contributed by atoms with van der Waals surface area (Å²) in [7, 11) is 0. The third kappa shape index (κ3) is 2.43. The van der Waals surface area contributed by atoms with Crippen LogP contribution in [0.15, 0.2) is 24.3 Å². The molecule has 2 aromatic rings. The molecule has 0 saturated heterocycles. The first-order chi connectivity index (χ1) is 8.22. The first-order valence-electron chi connectivity index (χ1n) is 5.21. The van der Waals surface area contributed by atoms with Gasteiger partial charge in [-0.05, 0) is 6.07 Å². The molecule has 0 radical (unpaired) electrons. The monoisotopic (exact) mass is 247 g/mol. The molecular weight excluding hydrogens is 236 g/mol. The van der Waals surface area contributed by atoms with E-state index in [4.69, 9.17) is 10.4 Å². The Morgan fingerprint density at radius 3 is 2.94 bits per heavy atom. The summed E-state index contributed by atoms with van der Waals surface area (Å²) < 4.78 is 3.01. The normalized spacial score (nSPS) is 10.3. The van der Waals surface area contributed by atoms with Crippen molar-refractivity contribution in [3.05, 3.63) is 29.3 Å². The molecule has 0 aliphatic heterocycles. The summed E-state index contributed by atoms with van der Waals surface area (Å²) in [6, 6.07) is 9.91. The van der Waals surface area contributed by atoms with Gasteiger partial charge >= 0.3 is 5.97 Å². The Labute approximate surface area is 102 Å². The second-order valence-corrected chi connectivity index (χ2v) is 4.71. The topological polar surface area (TPSA) is 65.0 Å². The lowest BCUT2D eigenvalue weighted by molar-refractivity contribution is -0.672. The Morgan fingerprint density at radius 2 is 2.24 bits per heavy atom. The van der Waals surface area contributed by atoms with E-state index < -0.39 is 5.97 Å². The first-order valence-corrected chi connectivity index (χ1v) is 6.03. The van der Waals surface area contributed by atoms with Crippen molar-refractivity contribution in [2.75, 3.05) is 0 Å². The highest BCUT2D eigenvalue weighted by atomic mass is 32.1. The zero-order valence-corrected chi connectivity index (χ0v) is 9.91. The summed E-state index contributed by atoms with van der Waals surface area (Å²) in [6.45, 7) is 0.413. The highest BCUT2D eigenvalue weighted by Gasteiger charge is 2.20. The Kier molecular flexibility index (Phi) is 3.35. The van der Waals surface area contributed by atoms with Crippen molar-refractivity contribution in [1.29, 1.82) is 5.26 Å². The summed E-state index contributed by atoms with van der Waals surface area (Å²) in [5.74, 6) is -0.823. The number of para-hydroxylation sites is 1. The molecule has 17 heavy (non-hydrogen) atoms. The van der Waals surface area contributed by atoms with E-state index >= 15 is 0 Å². The second-order valence-electron chi connectivity index (χ2n) is 3.59. The minimum atomic E-state index is -0.823. The van der Waals surface area contributed by atoms with Gasteiger partial charge in [0.05, 0.1) is 6.07 Å². The van der Waals surface area contributed by atoms with Gasteiger partial charge in [-0.3, -0.25) is 4.79 Å².